The Morgan fingerprint density at radius 1 is 1.27 bits per heavy atom. The maximum atomic E-state index is 12.2. The Bertz CT molecular complexity index is 962. The molecule has 0 aliphatic heterocycles. The van der Waals surface area contributed by atoms with Gasteiger partial charge in [0.05, 0.1) is 16.7 Å². The molecule has 1 aromatic carbocycles. The van der Waals surface area contributed by atoms with Crippen molar-refractivity contribution < 1.29 is 0 Å². The van der Waals surface area contributed by atoms with Crippen molar-refractivity contribution in [2.24, 2.45) is 0 Å². The van der Waals surface area contributed by atoms with Crippen molar-refractivity contribution in [1.82, 2.24) is 20.2 Å². The molecule has 2 heterocycles. The maximum Gasteiger partial charge on any atom is 0.258 e. The number of rotatable bonds is 5. The van der Waals surface area contributed by atoms with Gasteiger partial charge in [0, 0.05) is 6.04 Å². The van der Waals surface area contributed by atoms with E-state index in [4.69, 9.17) is 0 Å². The van der Waals surface area contributed by atoms with E-state index in [0.29, 0.717) is 23.0 Å². The molecule has 3 aromatic rings. The van der Waals surface area contributed by atoms with Crippen LogP contribution in [0.15, 0.2) is 27.3 Å². The SMILES string of the molecule is Cc1cccc2c(=O)[nH]c(CSc3nnc(NC4CCCCC4)s3)nc12. The second-order valence-corrected chi connectivity index (χ2v) is 8.82. The first kappa shape index (κ1) is 17.5. The van der Waals surface area contributed by atoms with Crippen molar-refractivity contribution in [1.29, 1.82) is 0 Å². The molecule has 0 unspecified atom stereocenters. The van der Waals surface area contributed by atoms with E-state index >= 15 is 0 Å². The zero-order valence-electron chi connectivity index (χ0n) is 14.6. The summed E-state index contributed by atoms with van der Waals surface area (Å²) in [4.78, 5) is 19.7. The fourth-order valence-corrected chi connectivity index (χ4v) is 5.00. The topological polar surface area (TPSA) is 83.6 Å². The highest BCUT2D eigenvalue weighted by atomic mass is 32.2. The third kappa shape index (κ3) is 3.91. The van der Waals surface area contributed by atoms with Gasteiger partial charge in [-0.1, -0.05) is 54.5 Å². The van der Waals surface area contributed by atoms with Gasteiger partial charge in [0.2, 0.25) is 5.13 Å². The first-order chi connectivity index (χ1) is 12.7. The van der Waals surface area contributed by atoms with E-state index in [2.05, 4.69) is 25.5 Å². The summed E-state index contributed by atoms with van der Waals surface area (Å²) in [5.41, 5.74) is 1.68. The second-order valence-electron chi connectivity index (χ2n) is 6.62. The van der Waals surface area contributed by atoms with E-state index in [1.54, 1.807) is 29.2 Å². The number of aromatic nitrogens is 4. The molecule has 0 spiro atoms. The second kappa shape index (κ2) is 7.75. The summed E-state index contributed by atoms with van der Waals surface area (Å²) in [5.74, 6) is 1.23. The predicted octanol–water partition coefficient (Wildman–Crippen LogP) is 4.12. The quantitative estimate of drug-likeness (QED) is 0.641. The van der Waals surface area contributed by atoms with Gasteiger partial charge in [-0.3, -0.25) is 4.79 Å². The molecule has 26 heavy (non-hydrogen) atoms. The fraction of sp³-hybridized carbons (Fsp3) is 0.444. The molecule has 6 nitrogen and oxygen atoms in total. The van der Waals surface area contributed by atoms with Crippen molar-refractivity contribution >= 4 is 39.1 Å². The lowest BCUT2D eigenvalue weighted by Crippen LogP contribution is -2.21. The Hall–Kier alpha value is -1.93. The van der Waals surface area contributed by atoms with Crippen molar-refractivity contribution in [2.75, 3.05) is 5.32 Å². The highest BCUT2D eigenvalue weighted by Crippen LogP contribution is 2.29. The number of benzene rings is 1. The number of aromatic amines is 1. The molecule has 2 N–H and O–H groups in total. The number of hydrogen-bond acceptors (Lipinski definition) is 7. The van der Waals surface area contributed by atoms with E-state index < -0.39 is 0 Å². The molecule has 0 bridgehead atoms. The van der Waals surface area contributed by atoms with E-state index in [9.17, 15) is 4.79 Å². The molecule has 1 aliphatic carbocycles. The lowest BCUT2D eigenvalue weighted by Gasteiger charge is -2.21. The van der Waals surface area contributed by atoms with E-state index in [0.717, 1.165) is 20.6 Å². The largest absolute Gasteiger partial charge is 0.357 e. The number of aryl methyl sites for hydroxylation is 1. The Labute approximate surface area is 159 Å². The third-order valence-electron chi connectivity index (χ3n) is 4.66. The Morgan fingerprint density at radius 3 is 2.96 bits per heavy atom. The summed E-state index contributed by atoms with van der Waals surface area (Å²) in [5, 5.41) is 13.5. The highest BCUT2D eigenvalue weighted by Gasteiger charge is 2.15. The van der Waals surface area contributed by atoms with E-state index in [1.807, 2.05) is 19.1 Å². The van der Waals surface area contributed by atoms with Gasteiger partial charge in [-0.15, -0.1) is 10.2 Å². The van der Waals surface area contributed by atoms with Crippen LogP contribution in [0.3, 0.4) is 0 Å². The van der Waals surface area contributed by atoms with Gasteiger partial charge < -0.3 is 10.3 Å². The number of para-hydroxylation sites is 1. The van der Waals surface area contributed by atoms with Crippen molar-refractivity contribution in [2.45, 2.75) is 55.2 Å². The molecular weight excluding hydrogens is 366 g/mol. The van der Waals surface area contributed by atoms with Crippen molar-refractivity contribution in [3.05, 3.63) is 39.9 Å². The zero-order valence-corrected chi connectivity index (χ0v) is 16.3. The Kier molecular flexibility index (Phi) is 5.21. The van der Waals surface area contributed by atoms with Gasteiger partial charge >= 0.3 is 0 Å². The standard InChI is InChI=1S/C18H21N5OS2/c1-11-6-5-9-13-15(11)20-14(21-16(13)24)10-25-18-23-22-17(26-18)19-12-7-3-2-4-8-12/h5-6,9,12H,2-4,7-8,10H2,1H3,(H,19,22)(H,20,21,24). The number of nitrogens with zero attached hydrogens (tertiary/aromatic N) is 3. The Morgan fingerprint density at radius 2 is 2.12 bits per heavy atom. The zero-order chi connectivity index (χ0) is 17.9. The molecule has 1 fully saturated rings. The minimum absolute atomic E-state index is 0.0915. The van der Waals surface area contributed by atoms with Gasteiger partial charge in [-0.2, -0.15) is 0 Å². The first-order valence-corrected chi connectivity index (χ1v) is 10.7. The fourth-order valence-electron chi connectivity index (χ4n) is 3.30. The van der Waals surface area contributed by atoms with Gasteiger partial charge in [-0.25, -0.2) is 4.98 Å². The van der Waals surface area contributed by atoms with E-state index in [-0.39, 0.29) is 5.56 Å². The van der Waals surface area contributed by atoms with Crippen LogP contribution in [0.4, 0.5) is 5.13 Å². The molecule has 0 amide bonds. The number of anilines is 1. The summed E-state index contributed by atoms with van der Waals surface area (Å²) in [6.07, 6.45) is 6.34. The molecule has 4 rings (SSSR count). The monoisotopic (exact) mass is 387 g/mol. The molecule has 0 atom stereocenters. The van der Waals surface area contributed by atoms with Crippen molar-refractivity contribution in [3.8, 4) is 0 Å². The van der Waals surface area contributed by atoms with Gasteiger partial charge in [-0.05, 0) is 31.4 Å². The molecule has 8 heteroatoms. The maximum absolute atomic E-state index is 12.2. The third-order valence-corrected chi connectivity index (χ3v) is 6.66. The minimum atomic E-state index is -0.0915. The van der Waals surface area contributed by atoms with Crippen LogP contribution in [0, 0.1) is 6.92 Å². The van der Waals surface area contributed by atoms with Gasteiger partial charge in [0.15, 0.2) is 4.34 Å². The molecular formula is C18H21N5OS2. The molecule has 0 radical (unpaired) electrons. The predicted molar refractivity (Wildman–Crippen MR) is 107 cm³/mol. The lowest BCUT2D eigenvalue weighted by molar-refractivity contribution is 0.462. The number of hydrogen-bond donors (Lipinski definition) is 2. The van der Waals surface area contributed by atoms with Crippen LogP contribution in [-0.2, 0) is 5.75 Å². The number of H-pyrrole nitrogens is 1. The smallest absolute Gasteiger partial charge is 0.258 e. The van der Waals surface area contributed by atoms with Crippen LogP contribution in [-0.4, -0.2) is 26.2 Å². The molecule has 1 saturated carbocycles. The summed E-state index contributed by atoms with van der Waals surface area (Å²) in [6, 6.07) is 6.18. The van der Waals surface area contributed by atoms with Crippen LogP contribution in [0.2, 0.25) is 0 Å². The van der Waals surface area contributed by atoms with Crippen LogP contribution < -0.4 is 10.9 Å². The number of thioether (sulfide) groups is 1. The van der Waals surface area contributed by atoms with Crippen LogP contribution >= 0.6 is 23.1 Å². The average molecular weight is 388 g/mol. The molecule has 1 aliphatic rings. The average Bonchev–Trinajstić information content (AvgIpc) is 3.09. The lowest BCUT2D eigenvalue weighted by atomic mass is 9.96. The highest BCUT2D eigenvalue weighted by molar-refractivity contribution is 8.00. The van der Waals surface area contributed by atoms with Crippen LogP contribution in [0.25, 0.3) is 10.9 Å². The van der Waals surface area contributed by atoms with Crippen LogP contribution in [0.5, 0.6) is 0 Å². The number of fused-ring (bicyclic) bond motifs is 1. The summed E-state index contributed by atoms with van der Waals surface area (Å²) in [6.45, 7) is 1.97. The van der Waals surface area contributed by atoms with Crippen molar-refractivity contribution in [3.63, 3.8) is 0 Å². The summed E-state index contributed by atoms with van der Waals surface area (Å²) >= 11 is 3.12. The van der Waals surface area contributed by atoms with Crippen LogP contribution in [0.1, 0.15) is 43.5 Å². The number of nitrogens with one attached hydrogen (secondary N) is 2. The molecule has 136 valence electrons. The summed E-state index contributed by atoms with van der Waals surface area (Å²) in [7, 11) is 0. The van der Waals surface area contributed by atoms with Gasteiger partial charge in [0.1, 0.15) is 5.82 Å². The Balaban J connectivity index is 1.43. The molecule has 0 saturated heterocycles. The normalized spacial score (nSPS) is 15.4. The first-order valence-electron chi connectivity index (χ1n) is 8.90. The summed E-state index contributed by atoms with van der Waals surface area (Å²) < 4.78 is 0.885. The van der Waals surface area contributed by atoms with E-state index in [1.165, 1.54) is 32.1 Å². The molecule has 2 aromatic heterocycles. The minimum Gasteiger partial charge on any atom is -0.357 e. The van der Waals surface area contributed by atoms with Gasteiger partial charge in [0.25, 0.3) is 5.56 Å².